The molecule has 92 valence electrons. The summed E-state index contributed by atoms with van der Waals surface area (Å²) in [6.07, 6.45) is -5.02. The first kappa shape index (κ1) is 13.6. The molecule has 17 heavy (non-hydrogen) atoms. The number of ether oxygens (including phenoxy) is 1. The molecule has 0 unspecified atom stereocenters. The molecule has 0 radical (unpaired) electrons. The predicted molar refractivity (Wildman–Crippen MR) is 55.7 cm³/mol. The van der Waals surface area contributed by atoms with E-state index in [1.54, 1.807) is 6.07 Å². The molecule has 1 heterocycles. The van der Waals surface area contributed by atoms with Crippen molar-refractivity contribution >= 4 is 15.9 Å². The van der Waals surface area contributed by atoms with Crippen LogP contribution in [0.25, 0.3) is 0 Å². The number of hydrogen-bond acceptors (Lipinski definition) is 3. The minimum Gasteiger partial charge on any atom is -0.400 e. The summed E-state index contributed by atoms with van der Waals surface area (Å²) >= 11 is 3.05. The topological polar surface area (TPSA) is 65.9 Å². The Bertz CT molecular complexity index is 504. The fourth-order valence-corrected chi connectivity index (χ4v) is 1.65. The Morgan fingerprint density at radius 2 is 2.18 bits per heavy atom. The summed E-state index contributed by atoms with van der Waals surface area (Å²) < 4.78 is 39.5. The third-order valence-corrected chi connectivity index (χ3v) is 2.41. The van der Waals surface area contributed by atoms with Crippen LogP contribution in [0.1, 0.15) is 11.3 Å². The van der Waals surface area contributed by atoms with E-state index < -0.39 is 17.7 Å². The van der Waals surface area contributed by atoms with Crippen molar-refractivity contribution in [2.24, 2.45) is 0 Å². The normalized spacial score (nSPS) is 11.0. The van der Waals surface area contributed by atoms with Crippen LogP contribution in [0.4, 0.5) is 13.2 Å². The van der Waals surface area contributed by atoms with Crippen LogP contribution in [0.3, 0.4) is 0 Å². The highest BCUT2D eigenvalue weighted by atomic mass is 79.9. The predicted octanol–water partition coefficient (Wildman–Crippen LogP) is 2.23. The van der Waals surface area contributed by atoms with Gasteiger partial charge in [0.05, 0.1) is 12.5 Å². The first-order valence-electron chi connectivity index (χ1n) is 4.31. The molecule has 0 fully saturated rings. The summed E-state index contributed by atoms with van der Waals surface area (Å²) in [4.78, 5) is 13.4. The van der Waals surface area contributed by atoms with E-state index in [0.29, 0.717) is 5.56 Å². The summed E-state index contributed by atoms with van der Waals surface area (Å²) in [5.41, 5.74) is -0.383. The molecule has 8 heteroatoms. The van der Waals surface area contributed by atoms with Crippen LogP contribution in [-0.4, -0.2) is 11.3 Å². The highest BCUT2D eigenvalue weighted by Crippen LogP contribution is 2.22. The van der Waals surface area contributed by atoms with Gasteiger partial charge in [0.1, 0.15) is 0 Å². The Labute approximate surface area is 102 Å². The number of nitrogens with one attached hydrogen (secondary N) is 1. The molecule has 0 spiro atoms. The molecule has 0 aliphatic heterocycles. The van der Waals surface area contributed by atoms with Crippen LogP contribution in [0.15, 0.2) is 10.9 Å². The summed E-state index contributed by atoms with van der Waals surface area (Å²) in [5, 5.41) is 8.69. The number of alkyl halides is 4. The van der Waals surface area contributed by atoms with Crippen LogP contribution in [0, 0.1) is 11.3 Å². The Kier molecular flexibility index (Phi) is 4.17. The molecule has 0 aromatic carbocycles. The number of nitrogens with zero attached hydrogens (tertiary/aromatic N) is 1. The minimum atomic E-state index is -4.92. The Morgan fingerprint density at radius 1 is 1.53 bits per heavy atom. The lowest BCUT2D eigenvalue weighted by Gasteiger charge is -2.10. The molecular formula is C9H6BrF3N2O2. The van der Waals surface area contributed by atoms with Crippen LogP contribution in [0.2, 0.25) is 0 Å². The van der Waals surface area contributed by atoms with Gasteiger partial charge in [-0.25, -0.2) is 0 Å². The van der Waals surface area contributed by atoms with Crippen LogP contribution in [-0.2, 0) is 11.8 Å². The van der Waals surface area contributed by atoms with E-state index in [1.165, 1.54) is 0 Å². The molecule has 0 bridgehead atoms. The average molecular weight is 311 g/mol. The van der Waals surface area contributed by atoms with E-state index in [4.69, 9.17) is 5.26 Å². The lowest BCUT2D eigenvalue weighted by atomic mass is 10.2. The van der Waals surface area contributed by atoms with Gasteiger partial charge in [-0.05, 0) is 11.6 Å². The van der Waals surface area contributed by atoms with Gasteiger partial charge in [-0.1, -0.05) is 15.9 Å². The van der Waals surface area contributed by atoms with E-state index in [-0.39, 0.29) is 17.4 Å². The first-order valence-corrected chi connectivity index (χ1v) is 5.43. The molecule has 1 aromatic heterocycles. The van der Waals surface area contributed by atoms with Crippen LogP contribution >= 0.6 is 15.9 Å². The van der Waals surface area contributed by atoms with Crippen molar-refractivity contribution in [3.8, 4) is 11.8 Å². The van der Waals surface area contributed by atoms with Gasteiger partial charge < -0.3 is 9.72 Å². The summed E-state index contributed by atoms with van der Waals surface area (Å²) in [6.45, 7) is 0. The largest absolute Gasteiger partial charge is 0.573 e. The van der Waals surface area contributed by atoms with Gasteiger partial charge in [0.25, 0.3) is 5.56 Å². The minimum absolute atomic E-state index is 0.0948. The van der Waals surface area contributed by atoms with Gasteiger partial charge in [0.2, 0.25) is 0 Å². The number of pyridine rings is 1. The van der Waals surface area contributed by atoms with Crippen molar-refractivity contribution in [2.75, 3.05) is 0 Å². The highest BCUT2D eigenvalue weighted by Gasteiger charge is 2.32. The maximum Gasteiger partial charge on any atom is 0.573 e. The van der Waals surface area contributed by atoms with Crippen molar-refractivity contribution in [3.05, 3.63) is 27.7 Å². The zero-order valence-electron chi connectivity index (χ0n) is 8.27. The van der Waals surface area contributed by atoms with Crippen molar-refractivity contribution in [1.82, 2.24) is 4.98 Å². The third-order valence-electron chi connectivity index (χ3n) is 1.81. The SMILES string of the molecule is N#CCc1[nH]c(=O)c(OC(F)(F)F)cc1CBr. The molecule has 1 rings (SSSR count). The molecule has 0 aliphatic carbocycles. The molecule has 0 saturated heterocycles. The van der Waals surface area contributed by atoms with E-state index in [2.05, 4.69) is 25.7 Å². The van der Waals surface area contributed by atoms with E-state index in [1.807, 2.05) is 0 Å². The second-order valence-corrected chi connectivity index (χ2v) is 3.54. The van der Waals surface area contributed by atoms with Gasteiger partial charge in [-0.15, -0.1) is 13.2 Å². The molecule has 1 N–H and O–H groups in total. The van der Waals surface area contributed by atoms with Gasteiger partial charge >= 0.3 is 6.36 Å². The quantitative estimate of drug-likeness (QED) is 0.871. The van der Waals surface area contributed by atoms with Crippen LogP contribution < -0.4 is 10.3 Å². The maximum atomic E-state index is 12.0. The zero-order valence-corrected chi connectivity index (χ0v) is 9.85. The van der Waals surface area contributed by atoms with Crippen molar-refractivity contribution in [3.63, 3.8) is 0 Å². The number of H-pyrrole nitrogens is 1. The zero-order chi connectivity index (χ0) is 13.1. The van der Waals surface area contributed by atoms with Crippen molar-refractivity contribution in [2.45, 2.75) is 18.1 Å². The number of hydrogen-bond donors (Lipinski definition) is 1. The van der Waals surface area contributed by atoms with Crippen molar-refractivity contribution < 1.29 is 17.9 Å². The lowest BCUT2D eigenvalue weighted by Crippen LogP contribution is -2.23. The van der Waals surface area contributed by atoms with Crippen molar-refractivity contribution in [1.29, 1.82) is 5.26 Å². The van der Waals surface area contributed by atoms with E-state index in [9.17, 15) is 18.0 Å². The van der Waals surface area contributed by atoms with Gasteiger partial charge in [0, 0.05) is 11.0 Å². The van der Waals surface area contributed by atoms with E-state index in [0.717, 1.165) is 6.07 Å². The van der Waals surface area contributed by atoms with E-state index >= 15 is 0 Å². The number of nitriles is 1. The standard InChI is InChI=1S/C9H6BrF3N2O2/c10-4-5-3-7(17-9(11,12)13)8(16)15-6(5)1-2-14/h3H,1,4H2,(H,15,16). The number of aromatic nitrogens is 1. The Balaban J connectivity index is 3.19. The summed E-state index contributed by atoms with van der Waals surface area (Å²) in [6, 6.07) is 2.77. The van der Waals surface area contributed by atoms with Crippen LogP contribution in [0.5, 0.6) is 5.75 Å². The smallest absolute Gasteiger partial charge is 0.400 e. The summed E-state index contributed by atoms with van der Waals surface area (Å²) in [5.74, 6) is -0.839. The molecule has 0 aliphatic rings. The lowest BCUT2D eigenvalue weighted by molar-refractivity contribution is -0.275. The average Bonchev–Trinajstić information content (AvgIpc) is 2.20. The molecule has 0 atom stereocenters. The second-order valence-electron chi connectivity index (χ2n) is 2.98. The molecular weight excluding hydrogens is 305 g/mol. The molecule has 1 aromatic rings. The van der Waals surface area contributed by atoms with Gasteiger partial charge in [-0.3, -0.25) is 4.79 Å². The fraction of sp³-hybridized carbons (Fsp3) is 0.333. The highest BCUT2D eigenvalue weighted by molar-refractivity contribution is 9.08. The van der Waals surface area contributed by atoms with Gasteiger partial charge in [-0.2, -0.15) is 5.26 Å². The molecule has 0 amide bonds. The van der Waals surface area contributed by atoms with Gasteiger partial charge in [0.15, 0.2) is 5.75 Å². The second kappa shape index (κ2) is 5.23. The maximum absolute atomic E-state index is 12.0. The first-order chi connectivity index (χ1) is 7.87. The monoisotopic (exact) mass is 310 g/mol. The third kappa shape index (κ3) is 3.78. The summed E-state index contributed by atoms with van der Waals surface area (Å²) in [7, 11) is 0. The Hall–Kier alpha value is -1.49. The number of halogens is 4. The number of rotatable bonds is 3. The molecule has 4 nitrogen and oxygen atoms in total. The fourth-order valence-electron chi connectivity index (χ4n) is 1.15. The molecule has 0 saturated carbocycles. The Morgan fingerprint density at radius 3 is 2.65 bits per heavy atom. The number of aromatic amines is 1.